The van der Waals surface area contributed by atoms with Crippen molar-refractivity contribution >= 4 is 12.2 Å². The Hall–Kier alpha value is -1.92. The molecule has 2 atom stereocenters. The zero-order valence-corrected chi connectivity index (χ0v) is 10.0. The SMILES string of the molecule is CN1CC(c2ccc(C(F)(F)F)nc2)C(C=O)C1=O. The highest BCUT2D eigenvalue weighted by Crippen LogP contribution is 2.33. The van der Waals surface area contributed by atoms with Gasteiger partial charge in [0.2, 0.25) is 5.91 Å². The topological polar surface area (TPSA) is 50.3 Å². The van der Waals surface area contributed by atoms with Gasteiger partial charge in [-0.15, -0.1) is 0 Å². The number of likely N-dealkylation sites (tertiary alicyclic amines) is 1. The normalized spacial score (nSPS) is 23.8. The number of hydrogen-bond donors (Lipinski definition) is 0. The van der Waals surface area contributed by atoms with Crippen molar-refractivity contribution < 1.29 is 22.8 Å². The van der Waals surface area contributed by atoms with Crippen LogP contribution in [0.5, 0.6) is 0 Å². The molecule has 0 aliphatic carbocycles. The second-order valence-electron chi connectivity index (χ2n) is 4.46. The molecule has 2 rings (SSSR count). The second kappa shape index (κ2) is 4.64. The Balaban J connectivity index is 2.28. The quantitative estimate of drug-likeness (QED) is 0.605. The first-order chi connectivity index (χ1) is 8.84. The van der Waals surface area contributed by atoms with Crippen LogP contribution in [0.3, 0.4) is 0 Å². The van der Waals surface area contributed by atoms with E-state index in [0.29, 0.717) is 18.4 Å². The fourth-order valence-electron chi connectivity index (χ4n) is 2.18. The summed E-state index contributed by atoms with van der Waals surface area (Å²) in [7, 11) is 1.55. The zero-order chi connectivity index (χ0) is 14.2. The number of aldehydes is 1. The van der Waals surface area contributed by atoms with Gasteiger partial charge < -0.3 is 9.69 Å². The van der Waals surface area contributed by atoms with Gasteiger partial charge in [0.15, 0.2) is 0 Å². The summed E-state index contributed by atoms with van der Waals surface area (Å²) in [5.74, 6) is -1.60. The van der Waals surface area contributed by atoms with Crippen LogP contribution in [0.25, 0.3) is 0 Å². The Labute approximate surface area is 107 Å². The maximum atomic E-state index is 12.4. The predicted molar refractivity (Wildman–Crippen MR) is 59.2 cm³/mol. The van der Waals surface area contributed by atoms with E-state index < -0.39 is 23.7 Å². The molecule has 1 amide bonds. The molecule has 19 heavy (non-hydrogen) atoms. The maximum Gasteiger partial charge on any atom is 0.433 e. The highest BCUT2D eigenvalue weighted by molar-refractivity contribution is 5.94. The van der Waals surface area contributed by atoms with E-state index >= 15 is 0 Å². The molecule has 102 valence electrons. The largest absolute Gasteiger partial charge is 0.433 e. The van der Waals surface area contributed by atoms with Crippen LogP contribution < -0.4 is 0 Å². The van der Waals surface area contributed by atoms with Crippen molar-refractivity contribution in [2.24, 2.45) is 5.92 Å². The van der Waals surface area contributed by atoms with Gasteiger partial charge >= 0.3 is 6.18 Å². The summed E-state index contributed by atoms with van der Waals surface area (Å²) in [6, 6.07) is 2.13. The van der Waals surface area contributed by atoms with Crippen LogP contribution in [0.1, 0.15) is 17.2 Å². The summed E-state index contributed by atoms with van der Waals surface area (Å²) in [5, 5.41) is 0. The van der Waals surface area contributed by atoms with Crippen molar-refractivity contribution in [1.82, 2.24) is 9.88 Å². The lowest BCUT2D eigenvalue weighted by Crippen LogP contribution is -2.23. The number of carbonyl (C=O) groups excluding carboxylic acids is 2. The number of hydrogen-bond acceptors (Lipinski definition) is 3. The van der Waals surface area contributed by atoms with Crippen LogP contribution in [-0.4, -0.2) is 35.7 Å². The molecule has 0 saturated carbocycles. The van der Waals surface area contributed by atoms with Gasteiger partial charge in [-0.2, -0.15) is 13.2 Å². The summed E-state index contributed by atoms with van der Waals surface area (Å²) < 4.78 is 37.1. The predicted octanol–water partition coefficient (Wildman–Crippen LogP) is 1.47. The summed E-state index contributed by atoms with van der Waals surface area (Å²) in [6.45, 7) is 0.301. The molecular formula is C12H11F3N2O2. The molecule has 1 aliphatic heterocycles. The zero-order valence-electron chi connectivity index (χ0n) is 10.0. The molecule has 1 fully saturated rings. The first kappa shape index (κ1) is 13.5. The van der Waals surface area contributed by atoms with Crippen LogP contribution in [0.15, 0.2) is 18.3 Å². The molecule has 0 spiro atoms. The van der Waals surface area contributed by atoms with E-state index in [1.165, 1.54) is 11.0 Å². The number of carbonyl (C=O) groups is 2. The Morgan fingerprint density at radius 3 is 2.58 bits per heavy atom. The molecule has 4 nitrogen and oxygen atoms in total. The van der Waals surface area contributed by atoms with Crippen LogP contribution in [0.4, 0.5) is 13.2 Å². The van der Waals surface area contributed by atoms with Gasteiger partial charge in [-0.1, -0.05) is 6.07 Å². The third kappa shape index (κ3) is 2.45. The number of nitrogens with zero attached hydrogens (tertiary/aromatic N) is 2. The molecule has 0 aromatic carbocycles. The number of rotatable bonds is 2. The highest BCUT2D eigenvalue weighted by atomic mass is 19.4. The molecule has 1 aromatic rings. The summed E-state index contributed by atoms with van der Waals surface area (Å²) in [4.78, 5) is 27.3. The average molecular weight is 272 g/mol. The number of alkyl halides is 3. The van der Waals surface area contributed by atoms with Gasteiger partial charge in [-0.05, 0) is 11.6 Å². The van der Waals surface area contributed by atoms with E-state index in [2.05, 4.69) is 4.98 Å². The molecule has 0 radical (unpaired) electrons. The molecule has 0 N–H and O–H groups in total. The molecule has 1 aromatic heterocycles. The van der Waals surface area contributed by atoms with Gasteiger partial charge in [0.1, 0.15) is 17.9 Å². The van der Waals surface area contributed by atoms with Crippen molar-refractivity contribution in [3.8, 4) is 0 Å². The number of aromatic nitrogens is 1. The van der Waals surface area contributed by atoms with E-state index in [9.17, 15) is 22.8 Å². The maximum absolute atomic E-state index is 12.4. The van der Waals surface area contributed by atoms with Crippen molar-refractivity contribution in [2.45, 2.75) is 12.1 Å². The number of amides is 1. The smallest absolute Gasteiger partial charge is 0.344 e. The summed E-state index contributed by atoms with van der Waals surface area (Å²) in [5.41, 5.74) is -0.528. The van der Waals surface area contributed by atoms with Crippen LogP contribution in [0.2, 0.25) is 0 Å². The van der Waals surface area contributed by atoms with Crippen LogP contribution in [-0.2, 0) is 15.8 Å². The van der Waals surface area contributed by atoms with E-state index in [0.717, 1.165) is 12.3 Å². The minimum absolute atomic E-state index is 0.301. The van der Waals surface area contributed by atoms with Gasteiger partial charge in [-0.3, -0.25) is 9.78 Å². The van der Waals surface area contributed by atoms with E-state index in [1.54, 1.807) is 7.05 Å². The first-order valence-electron chi connectivity index (χ1n) is 5.58. The summed E-state index contributed by atoms with van der Waals surface area (Å²) >= 11 is 0. The van der Waals surface area contributed by atoms with Gasteiger partial charge in [0.05, 0.1) is 0 Å². The summed E-state index contributed by atoms with van der Waals surface area (Å²) in [6.07, 6.45) is -2.88. The Kier molecular flexibility index (Phi) is 3.30. The first-order valence-corrected chi connectivity index (χ1v) is 5.58. The third-order valence-corrected chi connectivity index (χ3v) is 3.22. The van der Waals surface area contributed by atoms with Crippen LogP contribution in [0, 0.1) is 5.92 Å². The lowest BCUT2D eigenvalue weighted by atomic mass is 9.90. The van der Waals surface area contributed by atoms with E-state index in [1.807, 2.05) is 0 Å². The lowest BCUT2D eigenvalue weighted by Gasteiger charge is -2.13. The highest BCUT2D eigenvalue weighted by Gasteiger charge is 2.40. The molecule has 2 heterocycles. The minimum atomic E-state index is -4.50. The molecular weight excluding hydrogens is 261 g/mol. The lowest BCUT2D eigenvalue weighted by molar-refractivity contribution is -0.141. The molecule has 0 bridgehead atoms. The Morgan fingerprint density at radius 1 is 1.42 bits per heavy atom. The molecule has 1 aliphatic rings. The van der Waals surface area contributed by atoms with E-state index in [4.69, 9.17) is 0 Å². The van der Waals surface area contributed by atoms with Crippen molar-refractivity contribution in [1.29, 1.82) is 0 Å². The van der Waals surface area contributed by atoms with Crippen LogP contribution >= 0.6 is 0 Å². The number of pyridine rings is 1. The average Bonchev–Trinajstić information content (AvgIpc) is 2.64. The fourth-order valence-corrected chi connectivity index (χ4v) is 2.18. The monoisotopic (exact) mass is 272 g/mol. The van der Waals surface area contributed by atoms with Crippen molar-refractivity contribution in [3.05, 3.63) is 29.6 Å². The number of likely N-dealkylation sites (N-methyl/N-ethyl adjacent to an activating group) is 1. The van der Waals surface area contributed by atoms with Gasteiger partial charge in [0.25, 0.3) is 0 Å². The minimum Gasteiger partial charge on any atom is -0.344 e. The van der Waals surface area contributed by atoms with Gasteiger partial charge in [-0.25, -0.2) is 0 Å². The molecule has 2 unspecified atom stereocenters. The Morgan fingerprint density at radius 2 is 2.11 bits per heavy atom. The molecule has 1 saturated heterocycles. The van der Waals surface area contributed by atoms with Crippen molar-refractivity contribution in [2.75, 3.05) is 13.6 Å². The third-order valence-electron chi connectivity index (χ3n) is 3.22. The second-order valence-corrected chi connectivity index (χ2v) is 4.46. The van der Waals surface area contributed by atoms with Gasteiger partial charge in [0, 0.05) is 25.7 Å². The van der Waals surface area contributed by atoms with Crippen molar-refractivity contribution in [3.63, 3.8) is 0 Å². The fraction of sp³-hybridized carbons (Fsp3) is 0.417. The van der Waals surface area contributed by atoms with E-state index in [-0.39, 0.29) is 5.91 Å². The number of halogens is 3. The standard InChI is InChI=1S/C12H11F3N2O2/c1-17-5-8(9(6-18)11(17)19)7-2-3-10(16-4-7)12(13,14)15/h2-4,6,8-9H,5H2,1H3. The molecule has 7 heteroatoms. The Bertz CT molecular complexity index is 499.